The van der Waals surface area contributed by atoms with Crippen LogP contribution < -0.4 is 10.2 Å². The summed E-state index contributed by atoms with van der Waals surface area (Å²) in [6.45, 7) is -0.0150. The van der Waals surface area contributed by atoms with Crippen LogP contribution in [0.3, 0.4) is 0 Å². The van der Waals surface area contributed by atoms with Gasteiger partial charge < -0.3 is 20.4 Å². The zero-order valence-electron chi connectivity index (χ0n) is 16.7. The highest BCUT2D eigenvalue weighted by Crippen LogP contribution is 2.41. The molecule has 2 fully saturated rings. The van der Waals surface area contributed by atoms with Crippen molar-refractivity contribution < 1.29 is 15.0 Å². The Labute approximate surface area is 171 Å². The Morgan fingerprint density at radius 1 is 1.17 bits per heavy atom. The molecule has 1 aromatic rings. The van der Waals surface area contributed by atoms with E-state index in [0.717, 1.165) is 68.3 Å². The lowest BCUT2D eigenvalue weighted by molar-refractivity contribution is -0.115. The average molecular weight is 396 g/mol. The first-order chi connectivity index (χ1) is 14.1. The summed E-state index contributed by atoms with van der Waals surface area (Å²) in [5.41, 5.74) is 4.10. The molecule has 29 heavy (non-hydrogen) atoms. The van der Waals surface area contributed by atoms with E-state index in [4.69, 9.17) is 0 Å². The third-order valence-corrected chi connectivity index (χ3v) is 6.57. The summed E-state index contributed by atoms with van der Waals surface area (Å²) >= 11 is 0. The summed E-state index contributed by atoms with van der Waals surface area (Å²) in [5, 5.41) is 32.2. The lowest BCUT2D eigenvalue weighted by Crippen LogP contribution is -2.37. The molecule has 0 saturated heterocycles. The molecule has 0 bridgehead atoms. The van der Waals surface area contributed by atoms with Crippen molar-refractivity contribution >= 4 is 17.3 Å². The zero-order valence-corrected chi connectivity index (χ0v) is 16.7. The molecule has 6 heteroatoms. The number of hydrogen-bond acceptors (Lipinski definition) is 5. The third kappa shape index (κ3) is 3.90. The smallest absolute Gasteiger partial charge is 0.254 e. The maximum Gasteiger partial charge on any atom is 0.254 e. The molecule has 0 aromatic heterocycles. The quantitative estimate of drug-likeness (QED) is 0.711. The molecule has 2 aliphatic carbocycles. The van der Waals surface area contributed by atoms with Crippen LogP contribution in [0.25, 0.3) is 0 Å². The first-order valence-electron chi connectivity index (χ1n) is 10.8. The minimum atomic E-state index is -0.224. The van der Waals surface area contributed by atoms with Gasteiger partial charge in [-0.25, -0.2) is 0 Å². The second-order valence-electron chi connectivity index (χ2n) is 8.41. The van der Waals surface area contributed by atoms with Crippen LogP contribution in [-0.4, -0.2) is 40.9 Å². The number of nitriles is 1. The molecule has 0 spiro atoms. The van der Waals surface area contributed by atoms with Gasteiger partial charge in [-0.05, 0) is 68.7 Å². The molecule has 1 atom stereocenters. The molecule has 1 aliphatic heterocycles. The minimum absolute atomic E-state index is 0.00241. The number of rotatable bonds is 5. The number of nitrogens with one attached hydrogen (secondary N) is 1. The van der Waals surface area contributed by atoms with Crippen LogP contribution in [0.1, 0.15) is 63.4 Å². The van der Waals surface area contributed by atoms with E-state index in [0.29, 0.717) is 12.0 Å². The van der Waals surface area contributed by atoms with Gasteiger partial charge in [0.05, 0.1) is 23.4 Å². The Morgan fingerprint density at radius 2 is 1.97 bits per heavy atom. The summed E-state index contributed by atoms with van der Waals surface area (Å²) in [4.78, 5) is 15.1. The van der Waals surface area contributed by atoms with Gasteiger partial charge in [0.1, 0.15) is 6.07 Å². The topological polar surface area (TPSA) is 96.6 Å². The number of hydrogen-bond donors (Lipinski definition) is 3. The predicted octanol–water partition coefficient (Wildman–Crippen LogP) is 3.24. The summed E-state index contributed by atoms with van der Waals surface area (Å²) in [6, 6.07) is 8.12. The van der Waals surface area contributed by atoms with Crippen LogP contribution in [0.5, 0.6) is 0 Å². The van der Waals surface area contributed by atoms with Crippen LogP contribution in [-0.2, 0) is 4.79 Å². The van der Waals surface area contributed by atoms with Gasteiger partial charge in [0, 0.05) is 30.3 Å². The van der Waals surface area contributed by atoms with E-state index in [2.05, 4.69) is 11.4 Å². The molecular weight excluding hydrogens is 366 g/mol. The molecule has 6 nitrogen and oxygen atoms in total. The third-order valence-electron chi connectivity index (χ3n) is 6.57. The summed E-state index contributed by atoms with van der Waals surface area (Å²) in [7, 11) is 0. The highest BCUT2D eigenvalue weighted by atomic mass is 16.3. The Kier molecular flexibility index (Phi) is 5.89. The number of benzene rings is 1. The first-order valence-corrected chi connectivity index (χ1v) is 10.8. The molecular formula is C23H29N3O3. The second kappa shape index (κ2) is 8.56. The molecule has 2 saturated carbocycles. The zero-order chi connectivity index (χ0) is 20.4. The average Bonchev–Trinajstić information content (AvgIpc) is 3.02. The van der Waals surface area contributed by atoms with Crippen molar-refractivity contribution in [3.05, 3.63) is 34.9 Å². The molecule has 1 aromatic carbocycles. The van der Waals surface area contributed by atoms with Crippen molar-refractivity contribution in [3.63, 3.8) is 0 Å². The number of fused-ring (bicyclic) bond motifs is 1. The summed E-state index contributed by atoms with van der Waals surface area (Å²) in [5.74, 6) is -0.00241. The highest BCUT2D eigenvalue weighted by Gasteiger charge is 2.40. The van der Waals surface area contributed by atoms with Gasteiger partial charge in [-0.2, -0.15) is 5.26 Å². The Bertz CT molecular complexity index is 849. The van der Waals surface area contributed by atoms with E-state index in [1.165, 1.54) is 5.57 Å². The van der Waals surface area contributed by atoms with Gasteiger partial charge in [-0.1, -0.05) is 6.42 Å². The largest absolute Gasteiger partial charge is 0.396 e. The van der Waals surface area contributed by atoms with Crippen molar-refractivity contribution in [2.75, 3.05) is 16.8 Å². The summed E-state index contributed by atoms with van der Waals surface area (Å²) < 4.78 is 0. The van der Waals surface area contributed by atoms with Crippen LogP contribution in [0.2, 0.25) is 0 Å². The number of carbonyl (C=O) groups excluding carboxylic acids is 1. The molecule has 1 amide bonds. The number of amides is 1. The van der Waals surface area contributed by atoms with Gasteiger partial charge in [0.25, 0.3) is 5.91 Å². The normalized spacial score (nSPS) is 27.0. The molecule has 3 N–H and O–H groups in total. The van der Waals surface area contributed by atoms with E-state index in [9.17, 15) is 20.3 Å². The van der Waals surface area contributed by atoms with Gasteiger partial charge in [0.2, 0.25) is 0 Å². The highest BCUT2D eigenvalue weighted by molar-refractivity contribution is 6.10. The van der Waals surface area contributed by atoms with Crippen molar-refractivity contribution in [1.29, 1.82) is 5.26 Å². The maximum atomic E-state index is 13.2. The molecule has 1 unspecified atom stereocenters. The Balaban J connectivity index is 1.62. The number of carbonyl (C=O) groups is 1. The molecule has 1 heterocycles. The standard InChI is InChI=1S/C23H29N3O3/c24-14-15-5-8-17(13-21(15)25-16-6-9-18(28)10-7-16)26-22-4-2-1-3-19(22)20(11-12-27)23(26)29/h5,8,13,16,18,22,25,27-28H,1-4,6-7,9-12H2/t16-,18-,22?. The SMILES string of the molecule is N#Cc1ccc(N2C(=O)C(CCO)=C3CCCCC32)cc1N[C@H]1CC[C@H](O)CC1. The fraction of sp³-hybridized carbons (Fsp3) is 0.565. The van der Waals surface area contributed by atoms with E-state index < -0.39 is 0 Å². The fourth-order valence-corrected chi connectivity index (χ4v) is 5.07. The van der Waals surface area contributed by atoms with E-state index in [1.54, 1.807) is 6.07 Å². The van der Waals surface area contributed by atoms with Gasteiger partial charge in [0.15, 0.2) is 0 Å². The maximum absolute atomic E-state index is 13.2. The lowest BCUT2D eigenvalue weighted by Gasteiger charge is -2.31. The number of aliphatic hydroxyl groups is 2. The molecule has 0 radical (unpaired) electrons. The summed E-state index contributed by atoms with van der Waals surface area (Å²) in [6.07, 6.45) is 7.51. The Morgan fingerprint density at radius 3 is 2.69 bits per heavy atom. The van der Waals surface area contributed by atoms with Crippen LogP contribution in [0, 0.1) is 11.3 Å². The van der Waals surface area contributed by atoms with Crippen molar-refractivity contribution in [1.82, 2.24) is 0 Å². The predicted molar refractivity (Wildman–Crippen MR) is 112 cm³/mol. The van der Waals surface area contributed by atoms with Crippen LogP contribution >= 0.6 is 0 Å². The van der Waals surface area contributed by atoms with E-state index in [-0.39, 0.29) is 30.7 Å². The van der Waals surface area contributed by atoms with Gasteiger partial charge in [-0.3, -0.25) is 4.79 Å². The molecule has 154 valence electrons. The number of aliphatic hydroxyl groups excluding tert-OH is 2. The monoisotopic (exact) mass is 395 g/mol. The molecule has 3 aliphatic rings. The Hall–Kier alpha value is -2.36. The second-order valence-corrected chi connectivity index (χ2v) is 8.41. The van der Waals surface area contributed by atoms with Crippen molar-refractivity contribution in [3.8, 4) is 6.07 Å². The number of nitrogens with zero attached hydrogens (tertiary/aromatic N) is 2. The first kappa shape index (κ1) is 19.9. The lowest BCUT2D eigenvalue weighted by atomic mass is 9.88. The van der Waals surface area contributed by atoms with E-state index >= 15 is 0 Å². The minimum Gasteiger partial charge on any atom is -0.396 e. The van der Waals surface area contributed by atoms with Crippen molar-refractivity contribution in [2.24, 2.45) is 0 Å². The number of anilines is 2. The van der Waals surface area contributed by atoms with Crippen LogP contribution in [0.4, 0.5) is 11.4 Å². The van der Waals surface area contributed by atoms with E-state index in [1.807, 2.05) is 17.0 Å². The van der Waals surface area contributed by atoms with Gasteiger partial charge >= 0.3 is 0 Å². The molecule has 4 rings (SSSR count). The van der Waals surface area contributed by atoms with Crippen molar-refractivity contribution in [2.45, 2.75) is 76.0 Å². The van der Waals surface area contributed by atoms with Crippen LogP contribution in [0.15, 0.2) is 29.3 Å². The van der Waals surface area contributed by atoms with Gasteiger partial charge in [-0.15, -0.1) is 0 Å². The fourth-order valence-electron chi connectivity index (χ4n) is 5.07.